The molecule has 0 N–H and O–H groups in total. The van der Waals surface area contributed by atoms with Crippen LogP contribution in [0.5, 0.6) is 0 Å². The fourth-order valence-corrected chi connectivity index (χ4v) is 4.53. The predicted molar refractivity (Wildman–Crippen MR) is 94.4 cm³/mol. The van der Waals surface area contributed by atoms with Gasteiger partial charge in [-0.1, -0.05) is 37.3 Å². The first-order valence-corrected chi connectivity index (χ1v) is 9.64. The van der Waals surface area contributed by atoms with Gasteiger partial charge >= 0.3 is 0 Å². The summed E-state index contributed by atoms with van der Waals surface area (Å²) in [5.41, 5.74) is 1.44. The van der Waals surface area contributed by atoms with E-state index in [1.165, 1.54) is 31.0 Å². The Morgan fingerprint density at radius 2 is 1.91 bits per heavy atom. The van der Waals surface area contributed by atoms with E-state index in [0.717, 1.165) is 44.0 Å². The van der Waals surface area contributed by atoms with Crippen LogP contribution in [0.15, 0.2) is 30.3 Å². The summed E-state index contributed by atoms with van der Waals surface area (Å²) in [6.07, 6.45) is 0. The van der Waals surface area contributed by atoms with Crippen LogP contribution in [0.25, 0.3) is 0 Å². The summed E-state index contributed by atoms with van der Waals surface area (Å²) in [5.74, 6) is 3.16. The quantitative estimate of drug-likeness (QED) is 0.748. The molecule has 3 rings (SSSR count). The lowest BCUT2D eigenvalue weighted by molar-refractivity contribution is 0.0119. The minimum Gasteiger partial charge on any atom is -0.379 e. The van der Waals surface area contributed by atoms with Gasteiger partial charge in [-0.15, -0.1) is 0 Å². The fraction of sp³-hybridized carbons (Fsp3) is 0.667. The van der Waals surface area contributed by atoms with Gasteiger partial charge in [0, 0.05) is 50.3 Å². The molecule has 2 aliphatic heterocycles. The van der Waals surface area contributed by atoms with Crippen LogP contribution in [0.2, 0.25) is 0 Å². The molecule has 2 unspecified atom stereocenters. The minimum absolute atomic E-state index is 0.739. The van der Waals surface area contributed by atoms with Crippen LogP contribution < -0.4 is 0 Å². The Labute approximate surface area is 139 Å². The Hall–Kier alpha value is -0.550. The van der Waals surface area contributed by atoms with Crippen molar-refractivity contribution in [3.05, 3.63) is 35.9 Å². The van der Waals surface area contributed by atoms with Gasteiger partial charge in [0.2, 0.25) is 0 Å². The maximum absolute atomic E-state index is 5.48. The lowest BCUT2D eigenvalue weighted by Crippen LogP contribution is -2.46. The van der Waals surface area contributed by atoms with Crippen molar-refractivity contribution in [1.29, 1.82) is 0 Å². The molecule has 3 nitrogen and oxygen atoms in total. The van der Waals surface area contributed by atoms with Crippen LogP contribution in [0, 0.1) is 5.92 Å². The van der Waals surface area contributed by atoms with Crippen molar-refractivity contribution in [2.75, 3.05) is 51.7 Å². The Balaban J connectivity index is 1.37. The molecule has 0 aromatic heterocycles. The molecular formula is C18H28N2OS. The fourth-order valence-electron chi connectivity index (χ4n) is 3.57. The van der Waals surface area contributed by atoms with Crippen molar-refractivity contribution in [1.82, 2.24) is 9.80 Å². The van der Waals surface area contributed by atoms with E-state index in [1.54, 1.807) is 0 Å². The average Bonchev–Trinajstić information content (AvgIpc) is 2.94. The molecule has 0 bridgehead atoms. The second-order valence-corrected chi connectivity index (χ2v) is 7.60. The second-order valence-electron chi connectivity index (χ2n) is 6.49. The normalized spacial score (nSPS) is 27.3. The summed E-state index contributed by atoms with van der Waals surface area (Å²) in [4.78, 5) is 5.30. The largest absolute Gasteiger partial charge is 0.379 e. The monoisotopic (exact) mass is 320 g/mol. The molecule has 122 valence electrons. The predicted octanol–water partition coefficient (Wildman–Crippen LogP) is 2.57. The molecule has 2 aliphatic rings. The number of thioether (sulfide) groups is 1. The van der Waals surface area contributed by atoms with Crippen LogP contribution in [0.3, 0.4) is 0 Å². The summed E-state index contributed by atoms with van der Waals surface area (Å²) in [7, 11) is 0. The van der Waals surface area contributed by atoms with Gasteiger partial charge in [0.15, 0.2) is 0 Å². The number of morpholine rings is 1. The number of hydrogen-bond donors (Lipinski definition) is 0. The van der Waals surface area contributed by atoms with Crippen molar-refractivity contribution in [2.45, 2.75) is 18.7 Å². The third-order valence-electron chi connectivity index (χ3n) is 4.83. The molecule has 0 saturated carbocycles. The van der Waals surface area contributed by atoms with Crippen molar-refractivity contribution in [3.63, 3.8) is 0 Å². The first kappa shape index (κ1) is 16.3. The van der Waals surface area contributed by atoms with E-state index in [1.807, 2.05) is 0 Å². The number of likely N-dealkylation sites (tertiary alicyclic amines) is 1. The molecule has 2 saturated heterocycles. The molecule has 22 heavy (non-hydrogen) atoms. The number of benzene rings is 1. The second kappa shape index (κ2) is 8.34. The summed E-state index contributed by atoms with van der Waals surface area (Å²) in [6, 6.07) is 11.5. The SMILES string of the molecule is CC1CN(CCSCc2ccccc2)CC1N1CCOCC1. The zero-order valence-corrected chi connectivity index (χ0v) is 14.4. The highest BCUT2D eigenvalue weighted by molar-refractivity contribution is 7.98. The van der Waals surface area contributed by atoms with Gasteiger partial charge in [0.05, 0.1) is 13.2 Å². The van der Waals surface area contributed by atoms with Gasteiger partial charge in [-0.2, -0.15) is 11.8 Å². The van der Waals surface area contributed by atoms with Crippen LogP contribution >= 0.6 is 11.8 Å². The lowest BCUT2D eigenvalue weighted by Gasteiger charge is -2.34. The maximum atomic E-state index is 5.48. The van der Waals surface area contributed by atoms with E-state index >= 15 is 0 Å². The van der Waals surface area contributed by atoms with Crippen molar-refractivity contribution in [2.24, 2.45) is 5.92 Å². The molecule has 0 amide bonds. The summed E-state index contributed by atoms with van der Waals surface area (Å²) in [5, 5.41) is 0. The Morgan fingerprint density at radius 1 is 1.14 bits per heavy atom. The van der Waals surface area contributed by atoms with E-state index < -0.39 is 0 Å². The molecule has 0 spiro atoms. The topological polar surface area (TPSA) is 15.7 Å². The first-order valence-electron chi connectivity index (χ1n) is 8.49. The lowest BCUT2D eigenvalue weighted by atomic mass is 10.0. The molecule has 4 heteroatoms. The van der Waals surface area contributed by atoms with E-state index in [0.29, 0.717) is 0 Å². The number of ether oxygens (including phenoxy) is 1. The van der Waals surface area contributed by atoms with Crippen LogP contribution in [-0.4, -0.2) is 67.5 Å². The van der Waals surface area contributed by atoms with Crippen molar-refractivity contribution >= 4 is 11.8 Å². The highest BCUT2D eigenvalue weighted by Crippen LogP contribution is 2.23. The standard InChI is InChI=1S/C18H28N2OS/c1-16-13-19(14-18(16)20-7-10-21-11-8-20)9-12-22-15-17-5-3-2-4-6-17/h2-6,16,18H,7-15H2,1H3. The molecule has 1 aromatic rings. The third kappa shape index (κ3) is 4.48. The first-order chi connectivity index (χ1) is 10.8. The summed E-state index contributed by atoms with van der Waals surface area (Å²) >= 11 is 2.06. The average molecular weight is 321 g/mol. The van der Waals surface area contributed by atoms with E-state index in [4.69, 9.17) is 4.74 Å². The van der Waals surface area contributed by atoms with Crippen molar-refractivity contribution < 1.29 is 4.74 Å². The zero-order chi connectivity index (χ0) is 15.2. The van der Waals surface area contributed by atoms with E-state index in [2.05, 4.69) is 58.8 Å². The molecular weight excluding hydrogens is 292 g/mol. The van der Waals surface area contributed by atoms with Gasteiger partial charge in [-0.3, -0.25) is 4.90 Å². The summed E-state index contributed by atoms with van der Waals surface area (Å²) in [6.45, 7) is 10.2. The zero-order valence-electron chi connectivity index (χ0n) is 13.6. The number of hydrogen-bond acceptors (Lipinski definition) is 4. The van der Waals surface area contributed by atoms with Crippen LogP contribution in [-0.2, 0) is 10.5 Å². The highest BCUT2D eigenvalue weighted by atomic mass is 32.2. The van der Waals surface area contributed by atoms with Gasteiger partial charge in [0.25, 0.3) is 0 Å². The molecule has 2 atom stereocenters. The summed E-state index contributed by atoms with van der Waals surface area (Å²) < 4.78 is 5.48. The van der Waals surface area contributed by atoms with Crippen LogP contribution in [0.4, 0.5) is 0 Å². The van der Waals surface area contributed by atoms with Gasteiger partial charge in [0.1, 0.15) is 0 Å². The molecule has 1 aromatic carbocycles. The van der Waals surface area contributed by atoms with E-state index in [-0.39, 0.29) is 0 Å². The Kier molecular flexibility index (Phi) is 6.19. The number of nitrogens with zero attached hydrogens (tertiary/aromatic N) is 2. The highest BCUT2D eigenvalue weighted by Gasteiger charge is 2.33. The number of rotatable bonds is 6. The third-order valence-corrected chi connectivity index (χ3v) is 5.84. The van der Waals surface area contributed by atoms with Gasteiger partial charge in [-0.05, 0) is 11.5 Å². The van der Waals surface area contributed by atoms with E-state index in [9.17, 15) is 0 Å². The molecule has 2 fully saturated rings. The van der Waals surface area contributed by atoms with Gasteiger partial charge < -0.3 is 9.64 Å². The molecule has 2 heterocycles. The molecule has 0 aliphatic carbocycles. The Bertz CT molecular complexity index is 436. The van der Waals surface area contributed by atoms with Crippen LogP contribution in [0.1, 0.15) is 12.5 Å². The molecule has 0 radical (unpaired) electrons. The maximum Gasteiger partial charge on any atom is 0.0594 e. The Morgan fingerprint density at radius 3 is 2.68 bits per heavy atom. The minimum atomic E-state index is 0.739. The van der Waals surface area contributed by atoms with Gasteiger partial charge in [-0.25, -0.2) is 0 Å². The smallest absolute Gasteiger partial charge is 0.0594 e. The van der Waals surface area contributed by atoms with Crippen molar-refractivity contribution in [3.8, 4) is 0 Å².